The molecule has 0 spiro atoms. The van der Waals surface area contributed by atoms with Gasteiger partial charge < -0.3 is 20.3 Å². The van der Waals surface area contributed by atoms with Crippen LogP contribution in [0.15, 0.2) is 36.7 Å². The molecule has 0 saturated heterocycles. The van der Waals surface area contributed by atoms with Gasteiger partial charge in [-0.15, -0.1) is 0 Å². The number of hydrogen-bond acceptors (Lipinski definition) is 6. The first kappa shape index (κ1) is 22.7. The SMILES string of the molecule is CO[C@H](C)[C@H]1C(=O)Nc2c(cc(NCc3cnn(Cc4ccc(F)c(F)c4)c3)nc2C)N1C. The molecular weight excluding hydrogens is 430 g/mol. The lowest BCUT2D eigenvalue weighted by Crippen LogP contribution is -2.52. The van der Waals surface area contributed by atoms with E-state index in [0.29, 0.717) is 35.9 Å². The molecule has 33 heavy (non-hydrogen) atoms. The molecular formula is C23H26F2N6O2. The standard InChI is InChI=1S/C23H26F2N6O2/c1-13-21-19(30(3)22(14(2)33-4)23(32)29-21)8-20(28-13)26-9-16-10-27-31(12-16)11-15-5-6-17(24)18(25)7-15/h5-8,10,12,14,22H,9,11H2,1-4H3,(H,26,28)(H,29,32)/t14-,22+/m1/s1. The minimum Gasteiger partial charge on any atom is -0.379 e. The Morgan fingerprint density at radius 1 is 1.24 bits per heavy atom. The molecule has 1 aromatic carbocycles. The molecule has 3 heterocycles. The van der Waals surface area contributed by atoms with Crippen LogP contribution in [0.5, 0.6) is 0 Å². The Bertz CT molecular complexity index is 1180. The van der Waals surface area contributed by atoms with E-state index in [0.717, 1.165) is 17.3 Å². The van der Waals surface area contributed by atoms with Crippen molar-refractivity contribution in [2.24, 2.45) is 0 Å². The van der Waals surface area contributed by atoms with E-state index in [1.165, 1.54) is 12.1 Å². The average molecular weight is 456 g/mol. The Morgan fingerprint density at radius 3 is 2.76 bits per heavy atom. The largest absolute Gasteiger partial charge is 0.379 e. The molecule has 3 aromatic rings. The lowest BCUT2D eigenvalue weighted by molar-refractivity contribution is -0.120. The fraction of sp³-hybridized carbons (Fsp3) is 0.348. The van der Waals surface area contributed by atoms with Crippen LogP contribution in [0.3, 0.4) is 0 Å². The van der Waals surface area contributed by atoms with Gasteiger partial charge in [-0.3, -0.25) is 9.48 Å². The van der Waals surface area contributed by atoms with Crippen LogP contribution < -0.4 is 15.5 Å². The molecule has 1 aliphatic rings. The van der Waals surface area contributed by atoms with Crippen molar-refractivity contribution in [2.45, 2.75) is 39.1 Å². The third-order valence-corrected chi connectivity index (χ3v) is 5.80. The number of carbonyl (C=O) groups is 1. The van der Waals surface area contributed by atoms with Crippen molar-refractivity contribution in [3.8, 4) is 0 Å². The fourth-order valence-electron chi connectivity index (χ4n) is 3.96. The molecule has 0 unspecified atom stereocenters. The first-order valence-corrected chi connectivity index (χ1v) is 10.5. The number of aromatic nitrogens is 3. The maximum Gasteiger partial charge on any atom is 0.249 e. The number of nitrogens with one attached hydrogen (secondary N) is 2. The summed E-state index contributed by atoms with van der Waals surface area (Å²) < 4.78 is 33.6. The highest BCUT2D eigenvalue weighted by molar-refractivity contribution is 6.04. The summed E-state index contributed by atoms with van der Waals surface area (Å²) in [6.45, 7) is 4.50. The van der Waals surface area contributed by atoms with Gasteiger partial charge in [0.15, 0.2) is 11.6 Å². The summed E-state index contributed by atoms with van der Waals surface area (Å²) >= 11 is 0. The predicted octanol–water partition coefficient (Wildman–Crippen LogP) is 3.32. The van der Waals surface area contributed by atoms with Gasteiger partial charge in [0.25, 0.3) is 0 Å². The average Bonchev–Trinajstić information content (AvgIpc) is 3.23. The van der Waals surface area contributed by atoms with E-state index < -0.39 is 17.7 Å². The predicted molar refractivity (Wildman–Crippen MR) is 121 cm³/mol. The van der Waals surface area contributed by atoms with E-state index in [-0.39, 0.29) is 12.0 Å². The molecule has 0 fully saturated rings. The first-order valence-electron chi connectivity index (χ1n) is 10.5. The molecule has 2 atom stereocenters. The summed E-state index contributed by atoms with van der Waals surface area (Å²) in [6.07, 6.45) is 3.26. The quantitative estimate of drug-likeness (QED) is 0.568. The second-order valence-corrected chi connectivity index (χ2v) is 8.12. The van der Waals surface area contributed by atoms with E-state index in [2.05, 4.69) is 20.7 Å². The number of rotatable bonds is 7. The Balaban J connectivity index is 1.46. The number of methoxy groups -OCH3 is 1. The van der Waals surface area contributed by atoms with Crippen molar-refractivity contribution in [2.75, 3.05) is 29.7 Å². The van der Waals surface area contributed by atoms with E-state index in [1.54, 1.807) is 18.0 Å². The Morgan fingerprint density at radius 2 is 2.03 bits per heavy atom. The Hall–Kier alpha value is -3.53. The molecule has 0 radical (unpaired) electrons. The molecule has 1 aliphatic heterocycles. The van der Waals surface area contributed by atoms with Gasteiger partial charge in [0, 0.05) is 38.5 Å². The van der Waals surface area contributed by atoms with Gasteiger partial charge in [-0.05, 0) is 31.5 Å². The highest BCUT2D eigenvalue weighted by Gasteiger charge is 2.36. The number of pyridine rings is 1. The van der Waals surface area contributed by atoms with Crippen LogP contribution in [0.4, 0.5) is 26.0 Å². The number of halogens is 2. The molecule has 8 nitrogen and oxygen atoms in total. The summed E-state index contributed by atoms with van der Waals surface area (Å²) in [5.74, 6) is -1.21. The zero-order valence-corrected chi connectivity index (χ0v) is 18.9. The second kappa shape index (κ2) is 9.14. The Kier molecular flexibility index (Phi) is 6.28. The molecule has 10 heteroatoms. The third kappa shape index (κ3) is 4.65. The van der Waals surface area contributed by atoms with Gasteiger partial charge in [0.05, 0.1) is 35.9 Å². The van der Waals surface area contributed by atoms with Crippen molar-refractivity contribution in [3.63, 3.8) is 0 Å². The number of ether oxygens (including phenoxy) is 1. The minimum absolute atomic E-state index is 0.126. The number of likely N-dealkylation sites (N-methyl/N-ethyl adjacent to an activating group) is 1. The van der Waals surface area contributed by atoms with E-state index in [4.69, 9.17) is 4.74 Å². The van der Waals surface area contributed by atoms with Crippen molar-refractivity contribution in [1.29, 1.82) is 0 Å². The number of nitrogens with zero attached hydrogens (tertiary/aromatic N) is 4. The van der Waals surface area contributed by atoms with Crippen LogP contribution in [0, 0.1) is 18.6 Å². The zero-order valence-electron chi connectivity index (χ0n) is 18.9. The number of carbonyl (C=O) groups excluding carboxylic acids is 1. The topological polar surface area (TPSA) is 84.3 Å². The maximum absolute atomic E-state index is 13.4. The van der Waals surface area contributed by atoms with Gasteiger partial charge >= 0.3 is 0 Å². The molecule has 1 amide bonds. The zero-order chi connectivity index (χ0) is 23.7. The number of aryl methyl sites for hydroxylation is 1. The summed E-state index contributed by atoms with van der Waals surface area (Å²) in [7, 11) is 3.45. The van der Waals surface area contributed by atoms with Crippen molar-refractivity contribution >= 4 is 23.1 Å². The molecule has 2 N–H and O–H groups in total. The van der Waals surface area contributed by atoms with Crippen molar-refractivity contribution in [1.82, 2.24) is 14.8 Å². The molecule has 174 valence electrons. The van der Waals surface area contributed by atoms with Gasteiger partial charge in [0.2, 0.25) is 5.91 Å². The summed E-state index contributed by atoms with van der Waals surface area (Å²) in [5.41, 5.74) is 3.77. The third-order valence-electron chi connectivity index (χ3n) is 5.80. The van der Waals surface area contributed by atoms with Crippen molar-refractivity contribution < 1.29 is 18.3 Å². The van der Waals surface area contributed by atoms with Gasteiger partial charge in [-0.25, -0.2) is 13.8 Å². The minimum atomic E-state index is -0.876. The summed E-state index contributed by atoms with van der Waals surface area (Å²) in [5, 5.41) is 10.5. The summed E-state index contributed by atoms with van der Waals surface area (Å²) in [6, 6.07) is 5.25. The summed E-state index contributed by atoms with van der Waals surface area (Å²) in [4.78, 5) is 19.0. The normalized spacial score (nSPS) is 16.4. The lowest BCUT2D eigenvalue weighted by Gasteiger charge is -2.38. The van der Waals surface area contributed by atoms with Crippen LogP contribution >= 0.6 is 0 Å². The van der Waals surface area contributed by atoms with Crippen LogP contribution in [-0.2, 0) is 22.6 Å². The van der Waals surface area contributed by atoms with Gasteiger partial charge in [-0.2, -0.15) is 5.10 Å². The highest BCUT2D eigenvalue weighted by atomic mass is 19.2. The fourth-order valence-corrected chi connectivity index (χ4v) is 3.96. The highest BCUT2D eigenvalue weighted by Crippen LogP contribution is 2.36. The number of hydrogen-bond donors (Lipinski definition) is 2. The Labute approximate surface area is 190 Å². The van der Waals surface area contributed by atoms with Crippen LogP contribution in [0.1, 0.15) is 23.7 Å². The number of benzene rings is 1. The smallest absolute Gasteiger partial charge is 0.249 e. The van der Waals surface area contributed by atoms with E-state index in [1.807, 2.05) is 38.1 Å². The lowest BCUT2D eigenvalue weighted by atomic mass is 10.0. The molecule has 0 aliphatic carbocycles. The molecule has 0 bridgehead atoms. The second-order valence-electron chi connectivity index (χ2n) is 8.12. The van der Waals surface area contributed by atoms with Gasteiger partial charge in [-0.1, -0.05) is 6.07 Å². The monoisotopic (exact) mass is 456 g/mol. The van der Waals surface area contributed by atoms with Crippen LogP contribution in [0.25, 0.3) is 0 Å². The molecule has 0 saturated carbocycles. The van der Waals surface area contributed by atoms with Crippen LogP contribution in [0.2, 0.25) is 0 Å². The van der Waals surface area contributed by atoms with E-state index >= 15 is 0 Å². The number of fused-ring (bicyclic) bond motifs is 1. The molecule has 2 aromatic heterocycles. The van der Waals surface area contributed by atoms with Crippen molar-refractivity contribution in [3.05, 3.63) is 65.1 Å². The van der Waals surface area contributed by atoms with Gasteiger partial charge in [0.1, 0.15) is 11.9 Å². The maximum atomic E-state index is 13.4. The molecule has 4 rings (SSSR count). The van der Waals surface area contributed by atoms with E-state index in [9.17, 15) is 13.6 Å². The number of anilines is 3. The first-order chi connectivity index (χ1) is 15.8. The van der Waals surface area contributed by atoms with Crippen LogP contribution in [-0.4, -0.2) is 47.0 Å². The number of amides is 1.